The molecular formula is C25H25FN2O5S. The summed E-state index contributed by atoms with van der Waals surface area (Å²) in [5.41, 5.74) is 2.62. The third-order valence-corrected chi connectivity index (χ3v) is 6.66. The maximum atomic E-state index is 13.1. The van der Waals surface area contributed by atoms with Gasteiger partial charge in [-0.1, -0.05) is 12.1 Å². The molecule has 178 valence electrons. The van der Waals surface area contributed by atoms with Crippen LogP contribution in [0, 0.1) is 5.82 Å². The molecule has 1 aliphatic heterocycles. The monoisotopic (exact) mass is 484 g/mol. The summed E-state index contributed by atoms with van der Waals surface area (Å²) in [7, 11) is -3.85. The van der Waals surface area contributed by atoms with Gasteiger partial charge in [0.2, 0.25) is 5.91 Å². The Hall–Kier alpha value is -3.59. The number of carbonyl (C=O) groups is 1. The number of fused-ring (bicyclic) bond motifs is 1. The van der Waals surface area contributed by atoms with E-state index >= 15 is 0 Å². The third-order valence-electron chi connectivity index (χ3n) is 5.27. The van der Waals surface area contributed by atoms with Crippen molar-refractivity contribution in [3.63, 3.8) is 0 Å². The van der Waals surface area contributed by atoms with Crippen molar-refractivity contribution in [1.82, 2.24) is 0 Å². The molecule has 34 heavy (non-hydrogen) atoms. The van der Waals surface area contributed by atoms with Gasteiger partial charge in [-0.25, -0.2) is 12.8 Å². The number of ether oxygens (including phenoxy) is 2. The fourth-order valence-corrected chi connectivity index (χ4v) is 4.77. The van der Waals surface area contributed by atoms with Crippen molar-refractivity contribution in [3.8, 4) is 11.5 Å². The van der Waals surface area contributed by atoms with Crippen molar-refractivity contribution < 1.29 is 27.1 Å². The Morgan fingerprint density at radius 1 is 1.12 bits per heavy atom. The van der Waals surface area contributed by atoms with Gasteiger partial charge in [-0.05, 0) is 61.9 Å². The molecule has 0 fully saturated rings. The van der Waals surface area contributed by atoms with E-state index in [4.69, 9.17) is 9.47 Å². The summed E-state index contributed by atoms with van der Waals surface area (Å²) >= 11 is 0. The van der Waals surface area contributed by atoms with Gasteiger partial charge in [0.15, 0.2) is 0 Å². The molecule has 0 unspecified atom stereocenters. The highest BCUT2D eigenvalue weighted by atomic mass is 32.2. The number of carbonyl (C=O) groups excluding carboxylic acids is 1. The molecule has 1 atom stereocenters. The average Bonchev–Trinajstić information content (AvgIpc) is 3.14. The molecule has 3 aromatic carbocycles. The molecule has 0 bridgehead atoms. The van der Waals surface area contributed by atoms with Crippen LogP contribution in [0.2, 0.25) is 0 Å². The van der Waals surface area contributed by atoms with Gasteiger partial charge in [-0.3, -0.25) is 9.52 Å². The predicted molar refractivity (Wildman–Crippen MR) is 127 cm³/mol. The number of hydrogen-bond acceptors (Lipinski definition) is 5. The average molecular weight is 485 g/mol. The Morgan fingerprint density at radius 3 is 2.50 bits per heavy atom. The molecule has 0 saturated carbocycles. The Balaban J connectivity index is 1.41. The minimum absolute atomic E-state index is 0.0461. The minimum Gasteiger partial charge on any atom is -0.492 e. The van der Waals surface area contributed by atoms with Crippen LogP contribution in [0.25, 0.3) is 0 Å². The molecule has 0 radical (unpaired) electrons. The second-order valence-corrected chi connectivity index (χ2v) is 9.69. The number of rotatable bonds is 8. The molecule has 3 aromatic rings. The van der Waals surface area contributed by atoms with E-state index in [2.05, 4.69) is 10.0 Å². The molecule has 0 aliphatic carbocycles. The zero-order valence-electron chi connectivity index (χ0n) is 18.8. The van der Waals surface area contributed by atoms with Gasteiger partial charge in [-0.15, -0.1) is 0 Å². The van der Waals surface area contributed by atoms with Gasteiger partial charge in [0.05, 0.1) is 23.6 Å². The van der Waals surface area contributed by atoms with Crippen LogP contribution in [-0.4, -0.2) is 27.0 Å². The number of hydrogen-bond donors (Lipinski definition) is 2. The van der Waals surface area contributed by atoms with E-state index in [0.717, 1.165) is 29.9 Å². The summed E-state index contributed by atoms with van der Waals surface area (Å²) in [5.74, 6) is 0.574. The number of sulfonamides is 1. The Labute approximate surface area is 198 Å². The Morgan fingerprint density at radius 2 is 1.82 bits per heavy atom. The number of halogens is 1. The smallest absolute Gasteiger partial charge is 0.261 e. The first-order chi connectivity index (χ1) is 16.2. The Bertz CT molecular complexity index is 1290. The molecule has 7 nitrogen and oxygen atoms in total. The second kappa shape index (κ2) is 9.72. The molecule has 1 heterocycles. The van der Waals surface area contributed by atoms with Crippen LogP contribution < -0.4 is 19.5 Å². The molecule has 2 N–H and O–H groups in total. The van der Waals surface area contributed by atoms with E-state index < -0.39 is 15.8 Å². The van der Waals surface area contributed by atoms with Crippen LogP contribution in [0.3, 0.4) is 0 Å². The third kappa shape index (κ3) is 5.48. The van der Waals surface area contributed by atoms with E-state index in [0.29, 0.717) is 29.3 Å². The van der Waals surface area contributed by atoms with Gasteiger partial charge in [0, 0.05) is 23.7 Å². The summed E-state index contributed by atoms with van der Waals surface area (Å²) < 4.78 is 51.9. The first-order valence-corrected chi connectivity index (χ1v) is 12.4. The van der Waals surface area contributed by atoms with Gasteiger partial charge < -0.3 is 14.8 Å². The lowest BCUT2D eigenvalue weighted by Crippen LogP contribution is -2.16. The van der Waals surface area contributed by atoms with Crippen LogP contribution in [0.5, 0.6) is 11.5 Å². The lowest BCUT2D eigenvalue weighted by atomic mass is 10.1. The topological polar surface area (TPSA) is 93.7 Å². The van der Waals surface area contributed by atoms with Crippen molar-refractivity contribution in [2.24, 2.45) is 0 Å². The van der Waals surface area contributed by atoms with Crippen molar-refractivity contribution in [3.05, 3.63) is 77.6 Å². The van der Waals surface area contributed by atoms with Crippen LogP contribution in [0.15, 0.2) is 65.6 Å². The van der Waals surface area contributed by atoms with Crippen molar-refractivity contribution in [2.75, 3.05) is 16.6 Å². The lowest BCUT2D eigenvalue weighted by molar-refractivity contribution is -0.115. The largest absolute Gasteiger partial charge is 0.492 e. The van der Waals surface area contributed by atoms with Crippen LogP contribution >= 0.6 is 0 Å². The molecule has 0 saturated heterocycles. The number of amides is 1. The summed E-state index contributed by atoms with van der Waals surface area (Å²) in [5, 5.41) is 2.88. The summed E-state index contributed by atoms with van der Waals surface area (Å²) in [6, 6.07) is 14.7. The highest BCUT2D eigenvalue weighted by Gasteiger charge is 2.22. The lowest BCUT2D eigenvalue weighted by Gasteiger charge is -2.14. The predicted octanol–water partition coefficient (Wildman–Crippen LogP) is 4.53. The van der Waals surface area contributed by atoms with Crippen molar-refractivity contribution in [2.45, 2.75) is 37.7 Å². The molecule has 0 spiro atoms. The Kier molecular flexibility index (Phi) is 6.74. The van der Waals surface area contributed by atoms with Crippen LogP contribution in [-0.2, 0) is 27.7 Å². The molecule has 9 heteroatoms. The highest BCUT2D eigenvalue weighted by Crippen LogP contribution is 2.38. The van der Waals surface area contributed by atoms with Crippen LogP contribution in [0.1, 0.15) is 25.0 Å². The molecule has 1 amide bonds. The quantitative estimate of drug-likeness (QED) is 0.490. The zero-order chi connectivity index (χ0) is 24.3. The minimum atomic E-state index is -3.85. The van der Waals surface area contributed by atoms with Crippen molar-refractivity contribution in [1.29, 1.82) is 0 Å². The van der Waals surface area contributed by atoms with Crippen LogP contribution in [0.4, 0.5) is 15.8 Å². The van der Waals surface area contributed by atoms with Gasteiger partial charge in [0.25, 0.3) is 10.0 Å². The van der Waals surface area contributed by atoms with E-state index in [1.807, 2.05) is 19.9 Å². The SMILES string of the molecule is CCOc1cc2c(cc1NC(=O)Cc1ccc(NS(=O)(=O)c3ccc(F)cc3)cc1)O[C@@H](C)C2. The molecule has 0 aromatic heterocycles. The first kappa shape index (κ1) is 23.6. The van der Waals surface area contributed by atoms with Crippen molar-refractivity contribution >= 4 is 27.3 Å². The van der Waals surface area contributed by atoms with E-state index in [9.17, 15) is 17.6 Å². The zero-order valence-corrected chi connectivity index (χ0v) is 19.6. The maximum Gasteiger partial charge on any atom is 0.261 e. The highest BCUT2D eigenvalue weighted by molar-refractivity contribution is 7.92. The molecule has 4 rings (SSSR count). The number of nitrogens with one attached hydrogen (secondary N) is 2. The van der Waals surface area contributed by atoms with E-state index in [1.54, 1.807) is 30.3 Å². The number of benzene rings is 3. The standard InChI is InChI=1S/C25H25FN2O5S/c1-3-32-24-14-18-12-16(2)33-23(18)15-22(24)27-25(29)13-17-4-8-20(9-5-17)28-34(30,31)21-10-6-19(26)7-11-21/h4-11,14-16,28H,3,12-13H2,1-2H3,(H,27,29)/t16-/m0/s1. The summed E-state index contributed by atoms with van der Waals surface area (Å²) in [6.07, 6.45) is 0.959. The van der Waals surface area contributed by atoms with E-state index in [-0.39, 0.29) is 23.3 Å². The molecule has 1 aliphatic rings. The summed E-state index contributed by atoms with van der Waals surface area (Å²) in [4.78, 5) is 12.6. The second-order valence-electron chi connectivity index (χ2n) is 8.00. The first-order valence-electron chi connectivity index (χ1n) is 10.9. The van der Waals surface area contributed by atoms with Gasteiger partial charge >= 0.3 is 0 Å². The van der Waals surface area contributed by atoms with E-state index in [1.165, 1.54) is 12.1 Å². The normalized spacial score (nSPS) is 14.7. The maximum absolute atomic E-state index is 13.1. The van der Waals surface area contributed by atoms with Gasteiger partial charge in [0.1, 0.15) is 23.4 Å². The fourth-order valence-electron chi connectivity index (χ4n) is 3.71. The summed E-state index contributed by atoms with van der Waals surface area (Å²) in [6.45, 7) is 4.33. The number of anilines is 2. The van der Waals surface area contributed by atoms with Gasteiger partial charge in [-0.2, -0.15) is 0 Å². The fraction of sp³-hybridized carbons (Fsp3) is 0.240. The molecular weight excluding hydrogens is 459 g/mol.